The molecule has 1 amide bonds. The molecule has 1 saturated carbocycles. The van der Waals surface area contributed by atoms with Crippen molar-refractivity contribution in [3.8, 4) is 0 Å². The van der Waals surface area contributed by atoms with Crippen molar-refractivity contribution >= 4 is 11.9 Å². The molecule has 0 radical (unpaired) electrons. The molecule has 1 aliphatic heterocycles. The number of aliphatic imine (C=N–C) groups is 1. The molecule has 4 heteroatoms. The van der Waals surface area contributed by atoms with Gasteiger partial charge in [-0.05, 0) is 24.7 Å². The topological polar surface area (TPSA) is 53.5 Å². The third-order valence-electron chi connectivity index (χ3n) is 4.20. The monoisotopic (exact) mass is 237 g/mol. The molecule has 2 fully saturated rings. The molecular formula is C13H23N3O. The summed E-state index contributed by atoms with van der Waals surface area (Å²) in [5.41, 5.74) is -0.434. The van der Waals surface area contributed by atoms with Crippen LogP contribution in [0.2, 0.25) is 0 Å². The minimum Gasteiger partial charge on any atom is -0.341 e. The summed E-state index contributed by atoms with van der Waals surface area (Å²) in [7, 11) is 0. The van der Waals surface area contributed by atoms with Gasteiger partial charge in [0.15, 0.2) is 5.96 Å². The second kappa shape index (κ2) is 4.31. The van der Waals surface area contributed by atoms with Gasteiger partial charge in [-0.1, -0.05) is 33.6 Å². The van der Waals surface area contributed by atoms with Crippen molar-refractivity contribution in [1.29, 1.82) is 0 Å². The summed E-state index contributed by atoms with van der Waals surface area (Å²) >= 11 is 0. The maximum Gasteiger partial charge on any atom is 0.252 e. The molecule has 2 rings (SSSR count). The number of hydrogen-bond acceptors (Lipinski definition) is 2. The Balaban J connectivity index is 2.23. The number of guanidine groups is 1. The predicted molar refractivity (Wildman–Crippen MR) is 68.9 cm³/mol. The SMILES string of the molecule is CCCN=C1NC(=O)C2(CCCCC2(C)C)N1. The molecule has 1 spiro atoms. The van der Waals surface area contributed by atoms with Crippen molar-refractivity contribution in [2.45, 2.75) is 58.4 Å². The molecule has 96 valence electrons. The first kappa shape index (κ1) is 12.4. The largest absolute Gasteiger partial charge is 0.341 e. The second-order valence-corrected chi connectivity index (χ2v) is 5.81. The highest BCUT2D eigenvalue weighted by molar-refractivity contribution is 6.09. The maximum absolute atomic E-state index is 12.3. The maximum atomic E-state index is 12.3. The van der Waals surface area contributed by atoms with Gasteiger partial charge in [-0.15, -0.1) is 0 Å². The van der Waals surface area contributed by atoms with Gasteiger partial charge >= 0.3 is 0 Å². The van der Waals surface area contributed by atoms with Gasteiger partial charge in [0, 0.05) is 6.54 Å². The highest BCUT2D eigenvalue weighted by Gasteiger charge is 2.56. The van der Waals surface area contributed by atoms with Crippen molar-refractivity contribution < 1.29 is 4.79 Å². The van der Waals surface area contributed by atoms with E-state index < -0.39 is 5.54 Å². The molecule has 17 heavy (non-hydrogen) atoms. The Bertz CT molecular complexity index is 349. The van der Waals surface area contributed by atoms with Crippen molar-refractivity contribution in [3.05, 3.63) is 0 Å². The first-order valence-electron chi connectivity index (χ1n) is 6.66. The molecule has 0 aromatic carbocycles. The lowest BCUT2D eigenvalue weighted by Gasteiger charge is -2.45. The molecule has 0 aromatic rings. The fraction of sp³-hybridized carbons (Fsp3) is 0.846. The van der Waals surface area contributed by atoms with E-state index in [9.17, 15) is 4.79 Å². The molecule has 1 unspecified atom stereocenters. The Morgan fingerprint density at radius 3 is 2.65 bits per heavy atom. The first-order chi connectivity index (χ1) is 8.02. The number of amides is 1. The zero-order valence-corrected chi connectivity index (χ0v) is 11.1. The van der Waals surface area contributed by atoms with Crippen molar-refractivity contribution in [2.75, 3.05) is 6.54 Å². The molecule has 1 heterocycles. The van der Waals surface area contributed by atoms with E-state index in [1.165, 1.54) is 6.42 Å². The van der Waals surface area contributed by atoms with E-state index in [0.29, 0.717) is 5.96 Å². The predicted octanol–water partition coefficient (Wildman–Crippen LogP) is 1.81. The number of hydrogen-bond donors (Lipinski definition) is 2. The van der Waals surface area contributed by atoms with E-state index in [1.54, 1.807) is 0 Å². The van der Waals surface area contributed by atoms with E-state index in [1.807, 2.05) is 0 Å². The van der Waals surface area contributed by atoms with Gasteiger partial charge < -0.3 is 5.32 Å². The minimum atomic E-state index is -0.433. The van der Waals surface area contributed by atoms with Gasteiger partial charge in [0.25, 0.3) is 5.91 Å². The highest BCUT2D eigenvalue weighted by atomic mass is 16.2. The molecule has 0 aromatic heterocycles. The fourth-order valence-electron chi connectivity index (χ4n) is 2.97. The summed E-state index contributed by atoms with van der Waals surface area (Å²) in [6.45, 7) is 7.21. The van der Waals surface area contributed by atoms with E-state index >= 15 is 0 Å². The molecule has 0 bridgehead atoms. The van der Waals surface area contributed by atoms with Gasteiger partial charge in [-0.2, -0.15) is 0 Å². The van der Waals surface area contributed by atoms with Gasteiger partial charge in [0.1, 0.15) is 5.54 Å². The standard InChI is InChI=1S/C13H23N3O/c1-4-9-14-11-15-10(17)13(16-11)8-6-5-7-12(13,2)3/h4-9H2,1-3H3,(H2,14,15,16,17). The van der Waals surface area contributed by atoms with Crippen LogP contribution in [0.5, 0.6) is 0 Å². The number of carbonyl (C=O) groups is 1. The Labute approximate surface area is 103 Å². The third kappa shape index (κ3) is 1.94. The summed E-state index contributed by atoms with van der Waals surface area (Å²) in [6, 6.07) is 0. The lowest BCUT2D eigenvalue weighted by Crippen LogP contribution is -2.59. The molecule has 1 atom stereocenters. The van der Waals surface area contributed by atoms with E-state index in [4.69, 9.17) is 0 Å². The zero-order valence-electron chi connectivity index (χ0n) is 11.1. The number of carbonyl (C=O) groups excluding carboxylic acids is 1. The van der Waals surface area contributed by atoms with Crippen LogP contribution in [0, 0.1) is 5.41 Å². The molecule has 2 N–H and O–H groups in total. The second-order valence-electron chi connectivity index (χ2n) is 5.81. The zero-order chi connectivity index (χ0) is 12.5. The summed E-state index contributed by atoms with van der Waals surface area (Å²) in [5, 5.41) is 6.28. The lowest BCUT2D eigenvalue weighted by molar-refractivity contribution is -0.130. The fourth-order valence-corrected chi connectivity index (χ4v) is 2.97. The average molecular weight is 237 g/mol. The highest BCUT2D eigenvalue weighted by Crippen LogP contribution is 2.45. The van der Waals surface area contributed by atoms with E-state index in [0.717, 1.165) is 32.2 Å². The molecular weight excluding hydrogens is 214 g/mol. The molecule has 4 nitrogen and oxygen atoms in total. The normalized spacial score (nSPS) is 33.8. The number of nitrogens with one attached hydrogen (secondary N) is 2. The first-order valence-corrected chi connectivity index (χ1v) is 6.66. The molecule has 1 aliphatic carbocycles. The van der Waals surface area contributed by atoms with Crippen molar-refractivity contribution in [2.24, 2.45) is 10.4 Å². The van der Waals surface area contributed by atoms with Crippen LogP contribution >= 0.6 is 0 Å². The van der Waals surface area contributed by atoms with E-state index in [-0.39, 0.29) is 11.3 Å². The van der Waals surface area contributed by atoms with Gasteiger partial charge in [-0.25, -0.2) is 0 Å². The van der Waals surface area contributed by atoms with Crippen LogP contribution < -0.4 is 10.6 Å². The Morgan fingerprint density at radius 2 is 2.00 bits per heavy atom. The molecule has 2 aliphatic rings. The number of rotatable bonds is 2. The van der Waals surface area contributed by atoms with Crippen LogP contribution in [0.1, 0.15) is 52.9 Å². The van der Waals surface area contributed by atoms with Crippen molar-refractivity contribution in [1.82, 2.24) is 10.6 Å². The summed E-state index contributed by atoms with van der Waals surface area (Å²) in [6.07, 6.45) is 5.33. The third-order valence-corrected chi connectivity index (χ3v) is 4.20. The Kier molecular flexibility index (Phi) is 3.15. The smallest absolute Gasteiger partial charge is 0.252 e. The number of nitrogens with zero attached hydrogens (tertiary/aromatic N) is 1. The van der Waals surface area contributed by atoms with Crippen LogP contribution in [0.4, 0.5) is 0 Å². The van der Waals surface area contributed by atoms with Crippen LogP contribution in [0.3, 0.4) is 0 Å². The summed E-state index contributed by atoms with van der Waals surface area (Å²) < 4.78 is 0. The van der Waals surface area contributed by atoms with Crippen LogP contribution in [0.15, 0.2) is 4.99 Å². The summed E-state index contributed by atoms with van der Waals surface area (Å²) in [5.74, 6) is 0.781. The molecule has 1 saturated heterocycles. The van der Waals surface area contributed by atoms with Crippen LogP contribution in [-0.2, 0) is 4.79 Å². The van der Waals surface area contributed by atoms with Crippen molar-refractivity contribution in [3.63, 3.8) is 0 Å². The van der Waals surface area contributed by atoms with Gasteiger partial charge in [0.2, 0.25) is 0 Å². The van der Waals surface area contributed by atoms with Crippen LogP contribution in [0.25, 0.3) is 0 Å². The van der Waals surface area contributed by atoms with Gasteiger partial charge in [-0.3, -0.25) is 15.1 Å². The van der Waals surface area contributed by atoms with E-state index in [2.05, 4.69) is 36.4 Å². The lowest BCUT2D eigenvalue weighted by atomic mass is 9.63. The Morgan fingerprint density at radius 1 is 1.29 bits per heavy atom. The van der Waals surface area contributed by atoms with Gasteiger partial charge in [0.05, 0.1) is 0 Å². The van der Waals surface area contributed by atoms with Crippen LogP contribution in [-0.4, -0.2) is 24.0 Å². The quantitative estimate of drug-likeness (QED) is 0.769. The summed E-state index contributed by atoms with van der Waals surface area (Å²) in [4.78, 5) is 16.7. The Hall–Kier alpha value is -1.06. The minimum absolute atomic E-state index is 0.00117. The average Bonchev–Trinajstić information content (AvgIpc) is 2.59.